The van der Waals surface area contributed by atoms with Gasteiger partial charge in [0.1, 0.15) is 0 Å². The van der Waals surface area contributed by atoms with Gasteiger partial charge in [0.15, 0.2) is 11.6 Å². The monoisotopic (exact) mass is 266 g/mol. The maximum Gasteiger partial charge on any atom is 0.163 e. The van der Waals surface area contributed by atoms with Crippen LogP contribution in [0.3, 0.4) is 0 Å². The lowest BCUT2D eigenvalue weighted by molar-refractivity contribution is 0.490. The summed E-state index contributed by atoms with van der Waals surface area (Å²) in [5.41, 5.74) is 1.04. The zero-order chi connectivity index (χ0) is 13.7. The van der Waals surface area contributed by atoms with E-state index in [1.807, 2.05) is 0 Å². The van der Waals surface area contributed by atoms with E-state index in [0.29, 0.717) is 6.54 Å². The van der Waals surface area contributed by atoms with Gasteiger partial charge in [-0.05, 0) is 19.0 Å². The SMILES string of the molecule is CCCNCc1cn(Cc2cccc(F)c2F)nn1. The van der Waals surface area contributed by atoms with Crippen molar-refractivity contribution in [3.63, 3.8) is 0 Å². The number of aromatic nitrogens is 3. The molecule has 0 saturated carbocycles. The number of hydrogen-bond donors (Lipinski definition) is 1. The summed E-state index contributed by atoms with van der Waals surface area (Å²) in [6.07, 6.45) is 2.77. The Morgan fingerprint density at radius 1 is 1.32 bits per heavy atom. The third-order valence-electron chi connectivity index (χ3n) is 2.68. The molecule has 0 saturated heterocycles. The van der Waals surface area contributed by atoms with Gasteiger partial charge >= 0.3 is 0 Å². The molecule has 19 heavy (non-hydrogen) atoms. The summed E-state index contributed by atoms with van der Waals surface area (Å²) in [6, 6.07) is 4.11. The van der Waals surface area contributed by atoms with Crippen molar-refractivity contribution in [3.05, 3.63) is 47.3 Å². The van der Waals surface area contributed by atoms with E-state index in [1.54, 1.807) is 6.20 Å². The molecule has 0 unspecified atom stereocenters. The van der Waals surface area contributed by atoms with Gasteiger partial charge in [0, 0.05) is 12.1 Å². The van der Waals surface area contributed by atoms with Crippen LogP contribution < -0.4 is 5.32 Å². The molecule has 0 fully saturated rings. The van der Waals surface area contributed by atoms with Crippen molar-refractivity contribution in [2.75, 3.05) is 6.54 Å². The predicted molar refractivity (Wildman–Crippen MR) is 67.5 cm³/mol. The summed E-state index contributed by atoms with van der Waals surface area (Å²) >= 11 is 0. The van der Waals surface area contributed by atoms with Crippen molar-refractivity contribution in [1.82, 2.24) is 20.3 Å². The lowest BCUT2D eigenvalue weighted by Gasteiger charge is -2.03. The molecule has 1 aromatic carbocycles. The topological polar surface area (TPSA) is 42.7 Å². The van der Waals surface area contributed by atoms with E-state index >= 15 is 0 Å². The quantitative estimate of drug-likeness (QED) is 0.814. The molecule has 0 radical (unpaired) electrons. The highest BCUT2D eigenvalue weighted by molar-refractivity contribution is 5.19. The molecule has 0 atom stereocenters. The average Bonchev–Trinajstić information content (AvgIpc) is 2.83. The molecule has 2 aromatic rings. The van der Waals surface area contributed by atoms with Gasteiger partial charge in [0.25, 0.3) is 0 Å². The van der Waals surface area contributed by atoms with E-state index in [2.05, 4.69) is 22.6 Å². The van der Waals surface area contributed by atoms with Gasteiger partial charge < -0.3 is 5.32 Å². The lowest BCUT2D eigenvalue weighted by Crippen LogP contribution is -2.13. The first-order valence-electron chi connectivity index (χ1n) is 6.23. The van der Waals surface area contributed by atoms with Crippen molar-refractivity contribution >= 4 is 0 Å². The Morgan fingerprint density at radius 3 is 2.95 bits per heavy atom. The van der Waals surface area contributed by atoms with Crippen LogP contribution in [0.1, 0.15) is 24.6 Å². The van der Waals surface area contributed by atoms with Crippen LogP contribution in [-0.2, 0) is 13.1 Å². The van der Waals surface area contributed by atoms with Crippen molar-refractivity contribution in [3.8, 4) is 0 Å². The van der Waals surface area contributed by atoms with Gasteiger partial charge in [-0.3, -0.25) is 0 Å². The summed E-state index contributed by atoms with van der Waals surface area (Å²) in [6.45, 7) is 3.78. The molecule has 4 nitrogen and oxygen atoms in total. The largest absolute Gasteiger partial charge is 0.311 e. The number of hydrogen-bond acceptors (Lipinski definition) is 3. The van der Waals surface area contributed by atoms with E-state index in [9.17, 15) is 8.78 Å². The predicted octanol–water partition coefficient (Wildman–Crippen LogP) is 2.10. The third-order valence-corrected chi connectivity index (χ3v) is 2.68. The lowest BCUT2D eigenvalue weighted by atomic mass is 10.2. The number of halogens is 2. The Bertz CT molecular complexity index is 539. The fraction of sp³-hybridized carbons (Fsp3) is 0.385. The van der Waals surface area contributed by atoms with Gasteiger partial charge in [-0.15, -0.1) is 5.10 Å². The zero-order valence-corrected chi connectivity index (χ0v) is 10.7. The van der Waals surface area contributed by atoms with E-state index < -0.39 is 11.6 Å². The third kappa shape index (κ3) is 3.57. The van der Waals surface area contributed by atoms with Gasteiger partial charge in [-0.1, -0.05) is 24.3 Å². The summed E-state index contributed by atoms with van der Waals surface area (Å²) in [4.78, 5) is 0. The standard InChI is InChI=1S/C13H16F2N4/c1-2-6-16-7-11-9-19(18-17-11)8-10-4-3-5-12(14)13(10)15/h3-5,9,16H,2,6-8H2,1H3. The summed E-state index contributed by atoms with van der Waals surface area (Å²) < 4.78 is 28.1. The first-order chi connectivity index (χ1) is 9.20. The molecule has 0 aliphatic carbocycles. The molecule has 6 heteroatoms. The Kier molecular flexibility index (Phi) is 4.57. The van der Waals surface area contributed by atoms with Crippen molar-refractivity contribution in [1.29, 1.82) is 0 Å². The highest BCUT2D eigenvalue weighted by atomic mass is 19.2. The van der Waals surface area contributed by atoms with Crippen LogP contribution in [0.15, 0.2) is 24.4 Å². The maximum atomic E-state index is 13.5. The first kappa shape index (κ1) is 13.6. The van der Waals surface area contributed by atoms with Crippen LogP contribution in [0.2, 0.25) is 0 Å². The molecule has 1 heterocycles. The summed E-state index contributed by atoms with van der Waals surface area (Å²) in [7, 11) is 0. The zero-order valence-electron chi connectivity index (χ0n) is 10.7. The molecule has 102 valence electrons. The second kappa shape index (κ2) is 6.38. The van der Waals surface area contributed by atoms with Crippen LogP contribution in [0.4, 0.5) is 8.78 Å². The molecule has 1 aromatic heterocycles. The highest BCUT2D eigenvalue weighted by Gasteiger charge is 2.09. The van der Waals surface area contributed by atoms with Crippen LogP contribution in [0, 0.1) is 11.6 Å². The van der Waals surface area contributed by atoms with Crippen molar-refractivity contribution in [2.45, 2.75) is 26.4 Å². The van der Waals surface area contributed by atoms with Gasteiger partial charge in [-0.2, -0.15) is 0 Å². The first-order valence-corrected chi connectivity index (χ1v) is 6.23. The normalized spacial score (nSPS) is 10.9. The van der Waals surface area contributed by atoms with Gasteiger partial charge in [0.05, 0.1) is 18.4 Å². The van der Waals surface area contributed by atoms with Crippen LogP contribution in [0.25, 0.3) is 0 Å². The molecule has 0 amide bonds. The minimum Gasteiger partial charge on any atom is -0.311 e. The van der Waals surface area contributed by atoms with Crippen molar-refractivity contribution in [2.24, 2.45) is 0 Å². The minimum atomic E-state index is -0.845. The molecular formula is C13H16F2N4. The van der Waals surface area contributed by atoms with Crippen LogP contribution >= 0.6 is 0 Å². The molecule has 1 N–H and O–H groups in total. The van der Waals surface area contributed by atoms with E-state index in [0.717, 1.165) is 24.7 Å². The maximum absolute atomic E-state index is 13.5. The molecule has 0 aliphatic rings. The molecule has 0 bridgehead atoms. The summed E-state index contributed by atoms with van der Waals surface area (Å²) in [5.74, 6) is -1.67. The Balaban J connectivity index is 2.01. The Labute approximate surface area is 110 Å². The van der Waals surface area contributed by atoms with Gasteiger partial charge in [0.2, 0.25) is 0 Å². The smallest absolute Gasteiger partial charge is 0.163 e. The average molecular weight is 266 g/mol. The van der Waals surface area contributed by atoms with Crippen LogP contribution in [0.5, 0.6) is 0 Å². The van der Waals surface area contributed by atoms with Crippen LogP contribution in [-0.4, -0.2) is 21.5 Å². The second-order valence-corrected chi connectivity index (χ2v) is 4.30. The fourth-order valence-corrected chi connectivity index (χ4v) is 1.74. The van der Waals surface area contributed by atoms with Gasteiger partial charge in [-0.25, -0.2) is 13.5 Å². The summed E-state index contributed by atoms with van der Waals surface area (Å²) in [5, 5.41) is 11.1. The van der Waals surface area contributed by atoms with E-state index in [-0.39, 0.29) is 12.1 Å². The number of benzene rings is 1. The fourth-order valence-electron chi connectivity index (χ4n) is 1.74. The number of nitrogens with one attached hydrogen (secondary N) is 1. The molecule has 0 spiro atoms. The number of nitrogens with zero attached hydrogens (tertiary/aromatic N) is 3. The molecule has 2 rings (SSSR count). The Hall–Kier alpha value is -1.82. The van der Waals surface area contributed by atoms with E-state index in [4.69, 9.17) is 0 Å². The Morgan fingerprint density at radius 2 is 2.16 bits per heavy atom. The highest BCUT2D eigenvalue weighted by Crippen LogP contribution is 2.12. The second-order valence-electron chi connectivity index (χ2n) is 4.30. The van der Waals surface area contributed by atoms with Crippen molar-refractivity contribution < 1.29 is 8.78 Å². The minimum absolute atomic E-state index is 0.171. The molecule has 0 aliphatic heterocycles. The number of rotatable bonds is 6. The van der Waals surface area contributed by atoms with E-state index in [1.165, 1.54) is 16.8 Å². The molecular weight excluding hydrogens is 250 g/mol.